The van der Waals surface area contributed by atoms with Crippen LogP contribution >= 0.6 is 0 Å². The van der Waals surface area contributed by atoms with Gasteiger partial charge in [-0.05, 0) is 48.8 Å². The molecule has 4 aliphatic carbocycles. The fourth-order valence-corrected chi connectivity index (χ4v) is 6.91. The quantitative estimate of drug-likeness (QED) is 0.669. The van der Waals surface area contributed by atoms with Crippen LogP contribution in [0.5, 0.6) is 0 Å². The zero-order valence-corrected chi connectivity index (χ0v) is 16.4. The van der Waals surface area contributed by atoms with Crippen LogP contribution in [0.1, 0.15) is 33.6 Å². The van der Waals surface area contributed by atoms with Crippen LogP contribution in [0.2, 0.25) is 0 Å². The van der Waals surface area contributed by atoms with E-state index >= 15 is 4.39 Å². The van der Waals surface area contributed by atoms with Crippen molar-refractivity contribution in [3.05, 3.63) is 35.7 Å². The van der Waals surface area contributed by atoms with E-state index < -0.39 is 52.6 Å². The molecule has 5 nitrogen and oxygen atoms in total. The van der Waals surface area contributed by atoms with Crippen LogP contribution in [0.4, 0.5) is 4.39 Å². The molecule has 6 heteroatoms. The molecular formula is C22H27FO5. The highest BCUT2D eigenvalue weighted by Crippen LogP contribution is 2.67. The number of ketones is 2. The summed E-state index contributed by atoms with van der Waals surface area (Å²) in [6, 6.07) is 0. The number of rotatable bonds is 2. The van der Waals surface area contributed by atoms with E-state index in [1.54, 1.807) is 19.9 Å². The van der Waals surface area contributed by atoms with Crippen molar-refractivity contribution in [1.82, 2.24) is 0 Å². The third-order valence-corrected chi connectivity index (χ3v) is 8.25. The summed E-state index contributed by atoms with van der Waals surface area (Å²) in [7, 11) is 0. The second-order valence-electron chi connectivity index (χ2n) is 9.47. The van der Waals surface area contributed by atoms with Gasteiger partial charge in [-0.1, -0.05) is 26.8 Å². The molecule has 0 heterocycles. The Bertz CT molecular complexity index is 844. The molecule has 0 spiro atoms. The van der Waals surface area contributed by atoms with Gasteiger partial charge in [-0.2, -0.15) is 0 Å². The zero-order valence-electron chi connectivity index (χ0n) is 16.4. The Labute approximate surface area is 163 Å². The fourth-order valence-electron chi connectivity index (χ4n) is 6.91. The molecule has 4 rings (SSSR count). The zero-order chi connectivity index (χ0) is 20.6. The first-order valence-corrected chi connectivity index (χ1v) is 9.88. The molecule has 2 saturated carbocycles. The van der Waals surface area contributed by atoms with E-state index in [0.29, 0.717) is 6.42 Å². The number of aliphatic hydroxyl groups excluding tert-OH is 2. The predicted molar refractivity (Wildman–Crippen MR) is 99.6 cm³/mol. The Balaban J connectivity index is 1.87. The average Bonchev–Trinajstić information content (AvgIpc) is 2.83. The summed E-state index contributed by atoms with van der Waals surface area (Å²) >= 11 is 0. The van der Waals surface area contributed by atoms with Crippen LogP contribution in [0, 0.1) is 34.5 Å². The maximum atomic E-state index is 15.1. The molecule has 28 heavy (non-hydrogen) atoms. The minimum absolute atomic E-state index is 0.172. The van der Waals surface area contributed by atoms with Crippen LogP contribution in [0.3, 0.4) is 0 Å². The highest BCUT2D eigenvalue weighted by Gasteiger charge is 2.70. The van der Waals surface area contributed by atoms with Gasteiger partial charge in [0.05, 0.1) is 6.10 Å². The molecule has 3 N–H and O–H groups in total. The molecule has 0 aliphatic heterocycles. The Kier molecular flexibility index (Phi) is 4.17. The smallest absolute Gasteiger partial charge is 0.190 e. The molecule has 4 aliphatic rings. The lowest BCUT2D eigenvalue weighted by atomic mass is 9.47. The molecule has 2 fully saturated rings. The van der Waals surface area contributed by atoms with Crippen LogP contribution in [-0.2, 0) is 9.59 Å². The van der Waals surface area contributed by atoms with Gasteiger partial charge in [0, 0.05) is 22.3 Å². The number of fused-ring (bicyclic) bond motifs is 5. The second-order valence-corrected chi connectivity index (χ2v) is 9.47. The Morgan fingerprint density at radius 3 is 2.68 bits per heavy atom. The van der Waals surface area contributed by atoms with Crippen molar-refractivity contribution >= 4 is 11.6 Å². The Morgan fingerprint density at radius 2 is 2.04 bits per heavy atom. The molecule has 0 bridgehead atoms. The van der Waals surface area contributed by atoms with Crippen molar-refractivity contribution in [2.45, 2.75) is 45.3 Å². The molecule has 152 valence electrons. The third kappa shape index (κ3) is 2.17. The van der Waals surface area contributed by atoms with E-state index in [9.17, 15) is 24.9 Å². The molecule has 2 unspecified atom stereocenters. The molecule has 0 aromatic carbocycles. The normalized spacial score (nSPS) is 49.7. The number of carbonyl (C=O) groups is 2. The first-order valence-electron chi connectivity index (χ1n) is 9.88. The molecule has 0 radical (unpaired) electrons. The lowest BCUT2D eigenvalue weighted by molar-refractivity contribution is -0.178. The maximum absolute atomic E-state index is 15.1. The number of hydrogen-bond donors (Lipinski definition) is 3. The topological polar surface area (TPSA) is 94.8 Å². The van der Waals surface area contributed by atoms with Gasteiger partial charge in [-0.3, -0.25) is 9.59 Å². The van der Waals surface area contributed by atoms with Gasteiger partial charge in [0.2, 0.25) is 0 Å². The van der Waals surface area contributed by atoms with E-state index in [2.05, 4.69) is 0 Å². The standard InChI is InChI=1S/C22H27FO5/c1-11-6-14-13-8-16(23)15-7-12(25)4-5-20(15,2)19(13)17(26)9-21(14,3)22(11,28)18(27)10-24/h4-5,7-8,11,13-14,17,19,24,26,28H,6,9-10H2,1-3H3/t11?,13-,14-,17?,19+,20-,21-,22-/m0/s1. The first kappa shape index (κ1) is 19.7. The summed E-state index contributed by atoms with van der Waals surface area (Å²) in [5.74, 6) is -2.80. The second kappa shape index (κ2) is 5.94. The summed E-state index contributed by atoms with van der Waals surface area (Å²) in [4.78, 5) is 24.3. The predicted octanol–water partition coefficient (Wildman–Crippen LogP) is 1.88. The molecular weight excluding hydrogens is 363 g/mol. The summed E-state index contributed by atoms with van der Waals surface area (Å²) in [6.07, 6.45) is 5.64. The van der Waals surface area contributed by atoms with Crippen LogP contribution in [0.15, 0.2) is 35.7 Å². The largest absolute Gasteiger partial charge is 0.393 e. The summed E-state index contributed by atoms with van der Waals surface area (Å²) < 4.78 is 15.1. The van der Waals surface area contributed by atoms with E-state index in [-0.39, 0.29) is 29.6 Å². The number of allylic oxidation sites excluding steroid dienone is 6. The van der Waals surface area contributed by atoms with Gasteiger partial charge in [0.25, 0.3) is 0 Å². The number of Topliss-reactive ketones (excluding diaryl/α,β-unsaturated/α-hetero) is 1. The van der Waals surface area contributed by atoms with Crippen LogP contribution in [0.25, 0.3) is 0 Å². The average molecular weight is 390 g/mol. The number of carbonyl (C=O) groups excluding carboxylic acids is 2. The molecule has 0 saturated heterocycles. The van der Waals surface area contributed by atoms with Gasteiger partial charge in [0.1, 0.15) is 18.0 Å². The lowest BCUT2D eigenvalue weighted by Gasteiger charge is -2.58. The van der Waals surface area contributed by atoms with Crippen LogP contribution in [-0.4, -0.2) is 45.2 Å². The van der Waals surface area contributed by atoms with Crippen molar-refractivity contribution in [1.29, 1.82) is 0 Å². The van der Waals surface area contributed by atoms with Crippen molar-refractivity contribution in [2.75, 3.05) is 6.61 Å². The highest BCUT2D eigenvalue weighted by atomic mass is 19.1. The highest BCUT2D eigenvalue weighted by molar-refractivity contribution is 6.01. The van der Waals surface area contributed by atoms with E-state index in [1.807, 2.05) is 6.92 Å². The molecule has 0 aromatic heterocycles. The van der Waals surface area contributed by atoms with E-state index in [1.165, 1.54) is 18.2 Å². The molecule has 0 amide bonds. The van der Waals surface area contributed by atoms with Gasteiger partial charge >= 0.3 is 0 Å². The molecule has 0 aromatic rings. The number of aliphatic hydroxyl groups is 3. The summed E-state index contributed by atoms with van der Waals surface area (Å²) in [5, 5.41) is 32.0. The number of halogens is 1. The monoisotopic (exact) mass is 390 g/mol. The number of hydrogen-bond acceptors (Lipinski definition) is 5. The van der Waals surface area contributed by atoms with Crippen LogP contribution < -0.4 is 0 Å². The van der Waals surface area contributed by atoms with Gasteiger partial charge in [-0.15, -0.1) is 0 Å². The minimum Gasteiger partial charge on any atom is -0.393 e. The van der Waals surface area contributed by atoms with Crippen molar-refractivity contribution in [3.8, 4) is 0 Å². The van der Waals surface area contributed by atoms with E-state index in [0.717, 1.165) is 0 Å². The summed E-state index contributed by atoms with van der Waals surface area (Å²) in [5.41, 5.74) is -3.28. The fraction of sp³-hybridized carbons (Fsp3) is 0.636. The summed E-state index contributed by atoms with van der Waals surface area (Å²) in [6.45, 7) is 4.61. The Hall–Kier alpha value is -1.63. The van der Waals surface area contributed by atoms with Crippen molar-refractivity contribution < 1.29 is 29.3 Å². The lowest BCUT2D eigenvalue weighted by Crippen LogP contribution is -2.62. The van der Waals surface area contributed by atoms with Gasteiger partial charge < -0.3 is 15.3 Å². The SMILES string of the molecule is CC1C[C@H]2[C@@H]3C=C(F)C4=CC(=O)C=C[C@]4(C)[C@H]3C(O)C[C@]2(C)[C@@]1(O)C(=O)CO. The van der Waals surface area contributed by atoms with Gasteiger partial charge in [-0.25, -0.2) is 4.39 Å². The van der Waals surface area contributed by atoms with Crippen molar-refractivity contribution in [2.24, 2.45) is 34.5 Å². The third-order valence-electron chi connectivity index (χ3n) is 8.25. The van der Waals surface area contributed by atoms with E-state index in [4.69, 9.17) is 0 Å². The van der Waals surface area contributed by atoms with Gasteiger partial charge in [0.15, 0.2) is 11.6 Å². The first-order chi connectivity index (χ1) is 13.0. The minimum atomic E-state index is -1.77. The molecule has 8 atom stereocenters. The maximum Gasteiger partial charge on any atom is 0.190 e. The van der Waals surface area contributed by atoms with Crippen molar-refractivity contribution in [3.63, 3.8) is 0 Å². The Morgan fingerprint density at radius 1 is 1.36 bits per heavy atom.